The Morgan fingerprint density at radius 1 is 1.15 bits per heavy atom. The predicted octanol–water partition coefficient (Wildman–Crippen LogP) is 3.37. The van der Waals surface area contributed by atoms with Crippen LogP contribution in [0.2, 0.25) is 0 Å². The first kappa shape index (κ1) is 16.7. The summed E-state index contributed by atoms with van der Waals surface area (Å²) in [4.78, 5) is 17.8. The summed E-state index contributed by atoms with van der Waals surface area (Å²) in [6, 6.07) is 13.6. The van der Waals surface area contributed by atoms with Gasteiger partial charge in [0, 0.05) is 37.9 Å². The van der Waals surface area contributed by atoms with Crippen molar-refractivity contribution in [3.05, 3.63) is 53.5 Å². The zero-order chi connectivity index (χ0) is 17.9. The molecule has 0 aliphatic carbocycles. The van der Waals surface area contributed by atoms with Gasteiger partial charge < -0.3 is 19.1 Å². The van der Waals surface area contributed by atoms with Gasteiger partial charge in [-0.2, -0.15) is 0 Å². The van der Waals surface area contributed by atoms with Crippen molar-refractivity contribution in [2.75, 3.05) is 38.2 Å². The molecule has 1 aromatic carbocycles. The van der Waals surface area contributed by atoms with Gasteiger partial charge in [-0.15, -0.1) is 11.3 Å². The van der Waals surface area contributed by atoms with Gasteiger partial charge in [-0.05, 0) is 35.7 Å². The number of methoxy groups -OCH3 is 1. The van der Waals surface area contributed by atoms with Crippen LogP contribution in [0.5, 0.6) is 5.75 Å². The molecule has 2 aromatic heterocycles. The van der Waals surface area contributed by atoms with Crippen LogP contribution in [0.1, 0.15) is 10.5 Å². The molecule has 1 amide bonds. The van der Waals surface area contributed by atoms with Crippen molar-refractivity contribution in [3.63, 3.8) is 0 Å². The number of thiophene rings is 1. The minimum Gasteiger partial charge on any atom is -0.497 e. The number of hydrogen-bond donors (Lipinski definition) is 0. The van der Waals surface area contributed by atoms with Crippen LogP contribution in [0, 0.1) is 0 Å². The van der Waals surface area contributed by atoms with Gasteiger partial charge in [-0.3, -0.25) is 4.79 Å². The van der Waals surface area contributed by atoms with Crippen LogP contribution in [0.25, 0.3) is 10.6 Å². The zero-order valence-electron chi connectivity index (χ0n) is 14.4. The highest BCUT2D eigenvalue weighted by atomic mass is 32.1. The van der Waals surface area contributed by atoms with E-state index in [4.69, 9.17) is 9.26 Å². The second-order valence-corrected chi connectivity index (χ2v) is 6.98. The topological polar surface area (TPSA) is 58.8 Å². The van der Waals surface area contributed by atoms with Gasteiger partial charge >= 0.3 is 0 Å². The number of piperazine rings is 1. The van der Waals surface area contributed by atoms with Crippen LogP contribution < -0.4 is 9.64 Å². The summed E-state index contributed by atoms with van der Waals surface area (Å²) >= 11 is 1.56. The van der Waals surface area contributed by atoms with Crippen molar-refractivity contribution < 1.29 is 14.1 Å². The summed E-state index contributed by atoms with van der Waals surface area (Å²) in [7, 11) is 1.66. The summed E-state index contributed by atoms with van der Waals surface area (Å²) in [6.07, 6.45) is 0. The minimum absolute atomic E-state index is 0.0778. The lowest BCUT2D eigenvalue weighted by Crippen LogP contribution is -2.48. The van der Waals surface area contributed by atoms with E-state index in [0.717, 1.165) is 29.4 Å². The molecule has 1 saturated heterocycles. The van der Waals surface area contributed by atoms with E-state index in [1.807, 2.05) is 46.7 Å². The Labute approximate surface area is 155 Å². The van der Waals surface area contributed by atoms with E-state index in [0.29, 0.717) is 24.5 Å². The number of amides is 1. The molecule has 7 heteroatoms. The van der Waals surface area contributed by atoms with Crippen LogP contribution in [0.4, 0.5) is 5.69 Å². The van der Waals surface area contributed by atoms with Crippen LogP contribution in [-0.4, -0.2) is 49.3 Å². The number of carbonyl (C=O) groups is 1. The van der Waals surface area contributed by atoms with Crippen LogP contribution in [0.15, 0.2) is 52.4 Å². The molecule has 1 aliphatic rings. The summed E-state index contributed by atoms with van der Waals surface area (Å²) < 4.78 is 10.5. The van der Waals surface area contributed by atoms with Crippen LogP contribution in [-0.2, 0) is 0 Å². The first-order valence-corrected chi connectivity index (χ1v) is 9.31. The molecule has 6 nitrogen and oxygen atoms in total. The molecule has 1 aliphatic heterocycles. The molecule has 0 radical (unpaired) electrons. The maximum Gasteiger partial charge on any atom is 0.276 e. The number of aromatic nitrogens is 1. The monoisotopic (exact) mass is 369 g/mol. The van der Waals surface area contributed by atoms with Crippen molar-refractivity contribution in [3.8, 4) is 16.4 Å². The van der Waals surface area contributed by atoms with Crippen molar-refractivity contribution in [1.29, 1.82) is 0 Å². The highest BCUT2D eigenvalue weighted by molar-refractivity contribution is 7.13. The molecule has 1 fully saturated rings. The second-order valence-electron chi connectivity index (χ2n) is 6.03. The van der Waals surface area contributed by atoms with E-state index in [1.54, 1.807) is 24.5 Å². The number of anilines is 1. The lowest BCUT2D eigenvalue weighted by atomic mass is 10.2. The third-order valence-corrected chi connectivity index (χ3v) is 5.38. The fourth-order valence-corrected chi connectivity index (χ4v) is 3.71. The first-order valence-electron chi connectivity index (χ1n) is 8.43. The van der Waals surface area contributed by atoms with Gasteiger partial charge in [0.1, 0.15) is 5.75 Å². The Kier molecular flexibility index (Phi) is 4.62. The molecule has 0 atom stereocenters. The molecule has 0 spiro atoms. The second kappa shape index (κ2) is 7.21. The van der Waals surface area contributed by atoms with Crippen molar-refractivity contribution in [2.45, 2.75) is 0 Å². The lowest BCUT2D eigenvalue weighted by Gasteiger charge is -2.35. The Morgan fingerprint density at radius 2 is 1.92 bits per heavy atom. The first-order chi connectivity index (χ1) is 12.7. The van der Waals surface area contributed by atoms with E-state index in [9.17, 15) is 4.79 Å². The molecule has 3 heterocycles. The SMILES string of the molecule is COc1ccc(N2CCN(C(=O)c3cc(-c4cccs4)on3)CC2)cc1. The summed E-state index contributed by atoms with van der Waals surface area (Å²) in [5.74, 6) is 1.40. The van der Waals surface area contributed by atoms with Crippen molar-refractivity contribution >= 4 is 22.9 Å². The van der Waals surface area contributed by atoms with E-state index in [1.165, 1.54) is 0 Å². The van der Waals surface area contributed by atoms with Crippen LogP contribution in [0.3, 0.4) is 0 Å². The average molecular weight is 369 g/mol. The number of rotatable bonds is 4. The number of carbonyl (C=O) groups excluding carboxylic acids is 1. The summed E-state index contributed by atoms with van der Waals surface area (Å²) in [5, 5.41) is 5.93. The minimum atomic E-state index is -0.0778. The lowest BCUT2D eigenvalue weighted by molar-refractivity contribution is 0.0736. The molecule has 0 N–H and O–H groups in total. The van der Waals surface area contributed by atoms with Crippen molar-refractivity contribution in [2.24, 2.45) is 0 Å². The molecule has 26 heavy (non-hydrogen) atoms. The van der Waals surface area contributed by atoms with E-state index >= 15 is 0 Å². The van der Waals surface area contributed by atoms with E-state index in [2.05, 4.69) is 10.1 Å². The molecule has 0 bridgehead atoms. The van der Waals surface area contributed by atoms with Gasteiger partial charge in [0.2, 0.25) is 0 Å². The van der Waals surface area contributed by atoms with Crippen LogP contribution >= 0.6 is 11.3 Å². The Balaban J connectivity index is 1.39. The maximum absolute atomic E-state index is 12.7. The third kappa shape index (κ3) is 3.30. The van der Waals surface area contributed by atoms with Gasteiger partial charge in [-0.25, -0.2) is 0 Å². The Morgan fingerprint density at radius 3 is 2.58 bits per heavy atom. The maximum atomic E-state index is 12.7. The van der Waals surface area contributed by atoms with Gasteiger partial charge in [-0.1, -0.05) is 11.2 Å². The number of hydrogen-bond acceptors (Lipinski definition) is 6. The van der Waals surface area contributed by atoms with Crippen molar-refractivity contribution in [1.82, 2.24) is 10.1 Å². The predicted molar refractivity (Wildman–Crippen MR) is 101 cm³/mol. The summed E-state index contributed by atoms with van der Waals surface area (Å²) in [6.45, 7) is 2.89. The Bertz CT molecular complexity index is 866. The molecule has 4 rings (SSSR count). The van der Waals surface area contributed by atoms with E-state index < -0.39 is 0 Å². The van der Waals surface area contributed by atoms with E-state index in [-0.39, 0.29) is 5.91 Å². The molecular formula is C19H19N3O3S. The molecular weight excluding hydrogens is 350 g/mol. The molecule has 134 valence electrons. The average Bonchev–Trinajstić information content (AvgIpc) is 3.39. The number of nitrogens with zero attached hydrogens (tertiary/aromatic N) is 3. The fourth-order valence-electron chi connectivity index (χ4n) is 3.03. The zero-order valence-corrected chi connectivity index (χ0v) is 15.2. The highest BCUT2D eigenvalue weighted by Crippen LogP contribution is 2.26. The highest BCUT2D eigenvalue weighted by Gasteiger charge is 2.25. The smallest absolute Gasteiger partial charge is 0.276 e. The molecule has 0 saturated carbocycles. The van der Waals surface area contributed by atoms with Gasteiger partial charge in [0.25, 0.3) is 5.91 Å². The Hall–Kier alpha value is -2.80. The normalized spacial score (nSPS) is 14.5. The third-order valence-electron chi connectivity index (χ3n) is 4.50. The van der Waals surface area contributed by atoms with Gasteiger partial charge in [0.15, 0.2) is 11.5 Å². The molecule has 0 unspecified atom stereocenters. The number of ether oxygens (including phenoxy) is 1. The quantitative estimate of drug-likeness (QED) is 0.706. The standard InChI is InChI=1S/C19H19N3O3S/c1-24-15-6-4-14(5-7-15)21-8-10-22(11-9-21)19(23)16-13-17(25-20-16)18-3-2-12-26-18/h2-7,12-13H,8-11H2,1H3. The largest absolute Gasteiger partial charge is 0.497 e. The van der Waals surface area contributed by atoms with Gasteiger partial charge in [0.05, 0.1) is 12.0 Å². The molecule has 3 aromatic rings. The number of benzene rings is 1. The summed E-state index contributed by atoms with van der Waals surface area (Å²) in [5.41, 5.74) is 1.51. The fraction of sp³-hybridized carbons (Fsp3) is 0.263.